The van der Waals surface area contributed by atoms with E-state index in [9.17, 15) is 4.79 Å². The Morgan fingerprint density at radius 1 is 1.61 bits per heavy atom. The first-order valence-corrected chi connectivity index (χ1v) is 6.81. The Morgan fingerprint density at radius 2 is 2.44 bits per heavy atom. The van der Waals surface area contributed by atoms with E-state index in [-0.39, 0.29) is 0 Å². The molecule has 0 unspecified atom stereocenters. The lowest BCUT2D eigenvalue weighted by atomic mass is 10.4. The summed E-state index contributed by atoms with van der Waals surface area (Å²) in [5, 5.41) is 16.8. The second-order valence-corrected chi connectivity index (χ2v) is 5.23. The first-order valence-electron chi connectivity index (χ1n) is 5.13. The van der Waals surface area contributed by atoms with Crippen molar-refractivity contribution in [1.29, 1.82) is 0 Å². The van der Waals surface area contributed by atoms with E-state index in [0.29, 0.717) is 24.7 Å². The molecule has 0 aliphatic heterocycles. The molecule has 0 saturated carbocycles. The minimum Gasteiger partial charge on any atom is -0.387 e. The molecule has 0 radical (unpaired) electrons. The van der Waals surface area contributed by atoms with Crippen LogP contribution in [-0.2, 0) is 11.2 Å². The van der Waals surface area contributed by atoms with Gasteiger partial charge in [0.15, 0.2) is 0 Å². The van der Waals surface area contributed by atoms with Crippen molar-refractivity contribution in [2.45, 2.75) is 6.42 Å². The van der Waals surface area contributed by atoms with E-state index in [1.54, 1.807) is 0 Å². The molecule has 0 saturated heterocycles. The summed E-state index contributed by atoms with van der Waals surface area (Å²) in [6.45, 7) is -0.159. The van der Waals surface area contributed by atoms with Gasteiger partial charge in [-0.2, -0.15) is 4.98 Å². The fourth-order valence-corrected chi connectivity index (χ4v) is 2.60. The zero-order valence-corrected chi connectivity index (χ0v) is 11.6. The summed E-state index contributed by atoms with van der Waals surface area (Å²) in [4.78, 5) is 15.9. The predicted octanol–water partition coefficient (Wildman–Crippen LogP) is 1.21. The Balaban J connectivity index is 1.92. The molecule has 0 aliphatic carbocycles. The molecule has 6 nitrogen and oxygen atoms in total. The second-order valence-electron chi connectivity index (χ2n) is 3.40. The van der Waals surface area contributed by atoms with Gasteiger partial charge in [0.05, 0.1) is 4.88 Å². The zero-order valence-electron chi connectivity index (χ0n) is 9.22. The normalized spacial score (nSPS) is 10.6. The number of nitrogens with one attached hydrogen (secondary N) is 1. The molecule has 8 heteroatoms. The topological polar surface area (TPSA) is 88.2 Å². The molecule has 0 spiro atoms. The number of hydrogen-bond acceptors (Lipinski definition) is 6. The standard InChI is InChI=1S/C10H10BrN3O3S/c11-6-3-7(18-5-6)10-13-9(17-14-10)1-2-12-8(16)4-15/h3,5,15H,1-2,4H2,(H,12,16). The van der Waals surface area contributed by atoms with Crippen molar-refractivity contribution in [3.05, 3.63) is 21.8 Å². The number of amides is 1. The number of hydrogen-bond donors (Lipinski definition) is 2. The van der Waals surface area contributed by atoms with Gasteiger partial charge < -0.3 is 14.9 Å². The quantitative estimate of drug-likeness (QED) is 0.859. The van der Waals surface area contributed by atoms with Crippen LogP contribution in [-0.4, -0.2) is 34.3 Å². The number of aliphatic hydroxyl groups excluding tert-OH is 1. The number of aromatic nitrogens is 2. The van der Waals surface area contributed by atoms with Gasteiger partial charge in [0, 0.05) is 22.8 Å². The minimum absolute atomic E-state index is 0.356. The van der Waals surface area contributed by atoms with Crippen LogP contribution < -0.4 is 5.32 Å². The lowest BCUT2D eigenvalue weighted by Gasteiger charge is -1.98. The van der Waals surface area contributed by atoms with E-state index in [1.807, 2.05) is 11.4 Å². The van der Waals surface area contributed by atoms with Gasteiger partial charge >= 0.3 is 0 Å². The molecule has 0 aromatic carbocycles. The van der Waals surface area contributed by atoms with E-state index in [1.165, 1.54) is 11.3 Å². The number of aliphatic hydroxyl groups is 1. The summed E-state index contributed by atoms with van der Waals surface area (Å²) < 4.78 is 6.04. The van der Waals surface area contributed by atoms with Crippen molar-refractivity contribution < 1.29 is 14.4 Å². The van der Waals surface area contributed by atoms with Gasteiger partial charge in [-0.25, -0.2) is 0 Å². The van der Waals surface area contributed by atoms with E-state index in [4.69, 9.17) is 9.63 Å². The summed E-state index contributed by atoms with van der Waals surface area (Å²) in [5.74, 6) is 0.568. The third-order valence-electron chi connectivity index (χ3n) is 2.06. The summed E-state index contributed by atoms with van der Waals surface area (Å²) >= 11 is 4.87. The zero-order chi connectivity index (χ0) is 13.0. The molecule has 18 heavy (non-hydrogen) atoms. The van der Waals surface area contributed by atoms with Crippen LogP contribution in [0.15, 0.2) is 20.4 Å². The van der Waals surface area contributed by atoms with Gasteiger partial charge in [-0.15, -0.1) is 11.3 Å². The smallest absolute Gasteiger partial charge is 0.245 e. The van der Waals surface area contributed by atoms with Crippen molar-refractivity contribution in [1.82, 2.24) is 15.5 Å². The van der Waals surface area contributed by atoms with Crippen molar-refractivity contribution in [3.8, 4) is 10.7 Å². The first-order chi connectivity index (χ1) is 8.69. The molecule has 0 atom stereocenters. The van der Waals surface area contributed by atoms with E-state index < -0.39 is 12.5 Å². The molecule has 2 aromatic rings. The van der Waals surface area contributed by atoms with Gasteiger partial charge in [-0.3, -0.25) is 4.79 Å². The van der Waals surface area contributed by atoms with Crippen LogP contribution in [0.5, 0.6) is 0 Å². The monoisotopic (exact) mass is 331 g/mol. The maximum atomic E-state index is 10.8. The molecule has 2 N–H and O–H groups in total. The number of carbonyl (C=O) groups excluding carboxylic acids is 1. The van der Waals surface area contributed by atoms with Crippen molar-refractivity contribution in [2.24, 2.45) is 0 Å². The highest BCUT2D eigenvalue weighted by atomic mass is 79.9. The van der Waals surface area contributed by atoms with Crippen LogP contribution in [0.2, 0.25) is 0 Å². The highest BCUT2D eigenvalue weighted by Gasteiger charge is 2.10. The third-order valence-corrected chi connectivity index (χ3v) is 3.75. The van der Waals surface area contributed by atoms with Crippen molar-refractivity contribution in [2.75, 3.05) is 13.2 Å². The van der Waals surface area contributed by atoms with E-state index in [0.717, 1.165) is 9.35 Å². The fraction of sp³-hybridized carbons (Fsp3) is 0.300. The molecule has 2 aromatic heterocycles. The molecule has 96 valence electrons. The van der Waals surface area contributed by atoms with Gasteiger partial charge in [-0.1, -0.05) is 5.16 Å². The number of rotatable bonds is 5. The molecule has 0 bridgehead atoms. The summed E-state index contributed by atoms with van der Waals surface area (Å²) in [6, 6.07) is 1.91. The molecular formula is C10H10BrN3O3S. The fourth-order valence-electron chi connectivity index (χ4n) is 1.25. The predicted molar refractivity (Wildman–Crippen MR) is 69.1 cm³/mol. The van der Waals surface area contributed by atoms with Gasteiger partial charge in [0.1, 0.15) is 6.61 Å². The molecule has 0 aliphatic rings. The summed E-state index contributed by atoms with van der Waals surface area (Å²) in [5.41, 5.74) is 0. The van der Waals surface area contributed by atoms with Crippen molar-refractivity contribution in [3.63, 3.8) is 0 Å². The second kappa shape index (κ2) is 6.07. The lowest BCUT2D eigenvalue weighted by Crippen LogP contribution is -2.28. The highest BCUT2D eigenvalue weighted by Crippen LogP contribution is 2.27. The molecule has 0 fully saturated rings. The van der Waals surface area contributed by atoms with Crippen LogP contribution >= 0.6 is 27.3 Å². The van der Waals surface area contributed by atoms with Gasteiger partial charge in [0.2, 0.25) is 17.6 Å². The average molecular weight is 332 g/mol. The minimum atomic E-state index is -0.516. The van der Waals surface area contributed by atoms with Crippen molar-refractivity contribution >= 4 is 33.2 Å². The van der Waals surface area contributed by atoms with Crippen LogP contribution in [0.25, 0.3) is 10.7 Å². The van der Waals surface area contributed by atoms with Crippen LogP contribution in [0.3, 0.4) is 0 Å². The molecular weight excluding hydrogens is 322 g/mol. The number of thiophene rings is 1. The van der Waals surface area contributed by atoms with Crippen LogP contribution in [0.4, 0.5) is 0 Å². The highest BCUT2D eigenvalue weighted by molar-refractivity contribution is 9.10. The maximum Gasteiger partial charge on any atom is 0.245 e. The van der Waals surface area contributed by atoms with Gasteiger partial charge in [0.25, 0.3) is 0 Å². The lowest BCUT2D eigenvalue weighted by molar-refractivity contribution is -0.123. The summed E-state index contributed by atoms with van der Waals surface area (Å²) in [7, 11) is 0. The maximum absolute atomic E-state index is 10.8. The van der Waals surface area contributed by atoms with Crippen LogP contribution in [0, 0.1) is 0 Å². The average Bonchev–Trinajstić information content (AvgIpc) is 2.97. The number of carbonyl (C=O) groups is 1. The summed E-state index contributed by atoms with van der Waals surface area (Å²) in [6.07, 6.45) is 0.436. The Labute approximate surface area is 115 Å². The van der Waals surface area contributed by atoms with Crippen LogP contribution in [0.1, 0.15) is 5.89 Å². The SMILES string of the molecule is O=C(CO)NCCc1nc(-c2cc(Br)cs2)no1. The van der Waals surface area contributed by atoms with E-state index >= 15 is 0 Å². The van der Waals surface area contributed by atoms with E-state index in [2.05, 4.69) is 31.4 Å². The molecule has 2 rings (SSSR count). The Kier molecular flexibility index (Phi) is 4.45. The molecule has 1 amide bonds. The number of halogens is 1. The Bertz CT molecular complexity index is 540. The Hall–Kier alpha value is -1.25. The molecule has 2 heterocycles. The largest absolute Gasteiger partial charge is 0.387 e. The third kappa shape index (κ3) is 3.37. The number of nitrogens with zero attached hydrogens (tertiary/aromatic N) is 2. The first kappa shape index (κ1) is 13.2. The Morgan fingerprint density at radius 3 is 3.11 bits per heavy atom. The van der Waals surface area contributed by atoms with Gasteiger partial charge in [-0.05, 0) is 22.0 Å².